The molecule has 2 nitrogen and oxygen atoms in total. The minimum atomic E-state index is -0.107. The highest BCUT2D eigenvalue weighted by atomic mass is 15.1. The van der Waals surface area contributed by atoms with Gasteiger partial charge in [-0.25, -0.2) is 0 Å². The number of nitrogens with zero attached hydrogens (tertiary/aromatic N) is 1. The standard InChI is InChI=1S/C17H30N2/c1-13-8-9-14(16(2,3)4)12-15(13)19(7)11-10-17(5,6)18/h8-9,12H,10-11,18H2,1-7H3. The van der Waals surface area contributed by atoms with Crippen LogP contribution in [0.25, 0.3) is 0 Å². The van der Waals surface area contributed by atoms with E-state index >= 15 is 0 Å². The summed E-state index contributed by atoms with van der Waals surface area (Å²) in [5.41, 5.74) is 10.2. The Morgan fingerprint density at radius 3 is 2.16 bits per heavy atom. The highest BCUT2D eigenvalue weighted by Gasteiger charge is 2.17. The van der Waals surface area contributed by atoms with E-state index in [2.05, 4.69) is 71.7 Å². The van der Waals surface area contributed by atoms with Gasteiger partial charge in [-0.2, -0.15) is 0 Å². The second kappa shape index (κ2) is 5.54. The van der Waals surface area contributed by atoms with Gasteiger partial charge in [-0.1, -0.05) is 32.9 Å². The van der Waals surface area contributed by atoms with Crippen LogP contribution >= 0.6 is 0 Å². The molecule has 0 aliphatic heterocycles. The van der Waals surface area contributed by atoms with E-state index in [0.29, 0.717) is 0 Å². The molecule has 0 aliphatic rings. The van der Waals surface area contributed by atoms with Crippen molar-refractivity contribution in [3.05, 3.63) is 29.3 Å². The molecule has 0 bridgehead atoms. The lowest BCUT2D eigenvalue weighted by molar-refractivity contribution is 0.479. The SMILES string of the molecule is Cc1ccc(C(C)(C)C)cc1N(C)CCC(C)(C)N. The van der Waals surface area contributed by atoms with Crippen molar-refractivity contribution in [2.45, 2.75) is 58.9 Å². The molecule has 0 aliphatic carbocycles. The van der Waals surface area contributed by atoms with Gasteiger partial charge < -0.3 is 10.6 Å². The summed E-state index contributed by atoms with van der Waals surface area (Å²) >= 11 is 0. The van der Waals surface area contributed by atoms with E-state index in [1.54, 1.807) is 0 Å². The minimum absolute atomic E-state index is 0.107. The Kier molecular flexibility index (Phi) is 4.67. The van der Waals surface area contributed by atoms with E-state index in [9.17, 15) is 0 Å². The Bertz CT molecular complexity index is 422. The third-order valence-electron chi connectivity index (χ3n) is 3.58. The number of hydrogen-bond donors (Lipinski definition) is 1. The van der Waals surface area contributed by atoms with Crippen LogP contribution in [-0.4, -0.2) is 19.1 Å². The van der Waals surface area contributed by atoms with Crippen molar-refractivity contribution in [1.29, 1.82) is 0 Å². The summed E-state index contributed by atoms with van der Waals surface area (Å²) in [7, 11) is 2.15. The smallest absolute Gasteiger partial charge is 0.0396 e. The van der Waals surface area contributed by atoms with Gasteiger partial charge in [0.2, 0.25) is 0 Å². The molecule has 0 unspecified atom stereocenters. The molecule has 19 heavy (non-hydrogen) atoms. The second-order valence-corrected chi connectivity index (χ2v) is 7.41. The van der Waals surface area contributed by atoms with Gasteiger partial charge in [0.05, 0.1) is 0 Å². The molecule has 0 saturated carbocycles. The fraction of sp³-hybridized carbons (Fsp3) is 0.647. The van der Waals surface area contributed by atoms with Gasteiger partial charge in [0.25, 0.3) is 0 Å². The van der Waals surface area contributed by atoms with Crippen LogP contribution in [0.2, 0.25) is 0 Å². The fourth-order valence-corrected chi connectivity index (χ4v) is 2.06. The van der Waals surface area contributed by atoms with Crippen LogP contribution in [0, 0.1) is 6.92 Å². The van der Waals surface area contributed by atoms with Crippen LogP contribution in [0.15, 0.2) is 18.2 Å². The van der Waals surface area contributed by atoms with Crippen LogP contribution in [-0.2, 0) is 5.41 Å². The van der Waals surface area contributed by atoms with Crippen LogP contribution in [0.1, 0.15) is 52.2 Å². The highest BCUT2D eigenvalue weighted by Crippen LogP contribution is 2.28. The zero-order valence-corrected chi connectivity index (χ0v) is 13.7. The predicted molar refractivity (Wildman–Crippen MR) is 86.0 cm³/mol. The molecule has 0 amide bonds. The molecule has 108 valence electrons. The molecule has 0 heterocycles. The van der Waals surface area contributed by atoms with E-state index in [1.165, 1.54) is 16.8 Å². The maximum Gasteiger partial charge on any atom is 0.0396 e. The lowest BCUT2D eigenvalue weighted by Gasteiger charge is -2.28. The molecule has 0 radical (unpaired) electrons. The molecule has 0 aromatic heterocycles. The Morgan fingerprint density at radius 2 is 1.68 bits per heavy atom. The van der Waals surface area contributed by atoms with Gasteiger partial charge in [0, 0.05) is 24.8 Å². The normalized spacial score (nSPS) is 12.6. The van der Waals surface area contributed by atoms with Gasteiger partial charge >= 0.3 is 0 Å². The van der Waals surface area contributed by atoms with Gasteiger partial charge in [0.15, 0.2) is 0 Å². The average Bonchev–Trinajstić information content (AvgIpc) is 2.24. The molecular formula is C17H30N2. The van der Waals surface area contributed by atoms with E-state index < -0.39 is 0 Å². The summed E-state index contributed by atoms with van der Waals surface area (Å²) in [6.07, 6.45) is 0.989. The number of rotatable bonds is 4. The first kappa shape index (κ1) is 16.0. The van der Waals surface area contributed by atoms with E-state index in [0.717, 1.165) is 13.0 Å². The number of benzene rings is 1. The minimum Gasteiger partial charge on any atom is -0.374 e. The first-order valence-electron chi connectivity index (χ1n) is 7.12. The highest BCUT2D eigenvalue weighted by molar-refractivity contribution is 5.55. The largest absolute Gasteiger partial charge is 0.374 e. The first-order chi connectivity index (χ1) is 8.50. The Labute approximate surface area is 119 Å². The lowest BCUT2D eigenvalue weighted by Crippen LogP contribution is -2.36. The van der Waals surface area contributed by atoms with Crippen molar-refractivity contribution in [1.82, 2.24) is 0 Å². The summed E-state index contributed by atoms with van der Waals surface area (Å²) in [5.74, 6) is 0. The van der Waals surface area contributed by atoms with Crippen molar-refractivity contribution < 1.29 is 0 Å². The van der Waals surface area contributed by atoms with Crippen molar-refractivity contribution in [3.63, 3.8) is 0 Å². The molecule has 2 N–H and O–H groups in total. The first-order valence-corrected chi connectivity index (χ1v) is 7.12. The second-order valence-electron chi connectivity index (χ2n) is 7.41. The summed E-state index contributed by atoms with van der Waals surface area (Å²) in [6.45, 7) is 14.1. The van der Waals surface area contributed by atoms with Crippen LogP contribution in [0.5, 0.6) is 0 Å². The molecule has 0 fully saturated rings. The molecule has 0 atom stereocenters. The molecular weight excluding hydrogens is 232 g/mol. The predicted octanol–water partition coefficient (Wildman–Crippen LogP) is 3.86. The van der Waals surface area contributed by atoms with E-state index in [4.69, 9.17) is 5.73 Å². The third-order valence-corrected chi connectivity index (χ3v) is 3.58. The lowest BCUT2D eigenvalue weighted by atomic mass is 9.86. The molecule has 1 aromatic rings. The van der Waals surface area contributed by atoms with Gasteiger partial charge in [0.1, 0.15) is 0 Å². The van der Waals surface area contributed by atoms with Crippen LogP contribution in [0.3, 0.4) is 0 Å². The Balaban J connectivity index is 2.93. The van der Waals surface area contributed by atoms with Crippen LogP contribution < -0.4 is 10.6 Å². The van der Waals surface area contributed by atoms with Gasteiger partial charge in [-0.05, 0) is 49.8 Å². The topological polar surface area (TPSA) is 29.3 Å². The zero-order chi connectivity index (χ0) is 14.8. The van der Waals surface area contributed by atoms with Gasteiger partial charge in [-0.15, -0.1) is 0 Å². The molecule has 1 rings (SSSR count). The summed E-state index contributed by atoms with van der Waals surface area (Å²) in [5, 5.41) is 0. The number of aryl methyl sites for hydroxylation is 1. The monoisotopic (exact) mass is 262 g/mol. The van der Waals surface area contributed by atoms with Crippen molar-refractivity contribution >= 4 is 5.69 Å². The van der Waals surface area contributed by atoms with Crippen molar-refractivity contribution in [2.75, 3.05) is 18.5 Å². The average molecular weight is 262 g/mol. The number of anilines is 1. The van der Waals surface area contributed by atoms with Crippen LogP contribution in [0.4, 0.5) is 5.69 Å². The Hall–Kier alpha value is -1.02. The molecule has 0 spiro atoms. The third kappa shape index (κ3) is 4.87. The number of hydrogen-bond acceptors (Lipinski definition) is 2. The summed E-state index contributed by atoms with van der Waals surface area (Å²) in [4.78, 5) is 2.32. The van der Waals surface area contributed by atoms with Gasteiger partial charge in [-0.3, -0.25) is 0 Å². The number of nitrogens with two attached hydrogens (primary N) is 1. The zero-order valence-electron chi connectivity index (χ0n) is 13.7. The summed E-state index contributed by atoms with van der Waals surface area (Å²) in [6, 6.07) is 6.78. The van der Waals surface area contributed by atoms with E-state index in [1.807, 2.05) is 0 Å². The molecule has 0 saturated heterocycles. The molecule has 2 heteroatoms. The van der Waals surface area contributed by atoms with Crippen molar-refractivity contribution in [3.8, 4) is 0 Å². The van der Waals surface area contributed by atoms with Crippen molar-refractivity contribution in [2.24, 2.45) is 5.73 Å². The molecule has 1 aromatic carbocycles. The quantitative estimate of drug-likeness (QED) is 0.893. The Morgan fingerprint density at radius 1 is 1.11 bits per heavy atom. The maximum absolute atomic E-state index is 6.07. The fourth-order valence-electron chi connectivity index (χ4n) is 2.06. The van der Waals surface area contributed by atoms with E-state index in [-0.39, 0.29) is 11.0 Å². The maximum atomic E-state index is 6.07. The summed E-state index contributed by atoms with van der Waals surface area (Å²) < 4.78 is 0.